The maximum absolute atomic E-state index is 13.7. The summed E-state index contributed by atoms with van der Waals surface area (Å²) in [7, 11) is 0. The van der Waals surface area contributed by atoms with E-state index in [2.05, 4.69) is 0 Å². The van der Waals surface area contributed by atoms with Crippen molar-refractivity contribution < 1.29 is 113 Å². The number of carbonyl (C=O) groups excluding carboxylic acids is 2. The number of carbonyl (C=O) groups is 2. The van der Waals surface area contributed by atoms with Crippen LogP contribution in [0.5, 0.6) is 11.5 Å². The van der Waals surface area contributed by atoms with Gasteiger partial charge in [0.05, 0.1) is 26.2 Å². The van der Waals surface area contributed by atoms with Crippen molar-refractivity contribution in [1.29, 1.82) is 0 Å². The highest BCUT2D eigenvalue weighted by Crippen LogP contribution is 2.36. The minimum Gasteiger partial charge on any atom is -0.463 e. The lowest BCUT2D eigenvalue weighted by molar-refractivity contribution is -0.357. The first kappa shape index (κ1) is 52.3. The minimum absolute atomic E-state index is 0.141. The van der Waals surface area contributed by atoms with E-state index in [1.807, 2.05) is 0 Å². The summed E-state index contributed by atoms with van der Waals surface area (Å²) in [5.74, 6) is -1.74. The third-order valence-electron chi connectivity index (χ3n) is 11.0. The first-order chi connectivity index (χ1) is 30.8. The molecule has 65 heavy (non-hydrogen) atoms. The Morgan fingerprint density at radius 1 is 0.600 bits per heavy atom. The topological polar surface area (TPSA) is 360 Å². The molecule has 2 aromatic rings. The van der Waals surface area contributed by atoms with Crippen LogP contribution in [0.25, 0.3) is 0 Å². The summed E-state index contributed by atoms with van der Waals surface area (Å²) in [6.07, 6.45) is -26.8. The van der Waals surface area contributed by atoms with E-state index in [0.717, 1.165) is 6.92 Å². The number of ether oxygens (including phenoxy) is 9. The largest absolute Gasteiger partial charge is 0.463 e. The molecule has 0 saturated carbocycles. The van der Waals surface area contributed by atoms with E-state index in [1.165, 1.54) is 48.5 Å². The Labute approximate surface area is 372 Å². The molecule has 0 bridgehead atoms. The summed E-state index contributed by atoms with van der Waals surface area (Å²) in [6, 6.07) is 11.8. The molecule has 3 aliphatic heterocycles. The zero-order valence-electron chi connectivity index (χ0n) is 35.7. The van der Waals surface area contributed by atoms with E-state index in [-0.39, 0.29) is 37.1 Å². The van der Waals surface area contributed by atoms with Crippen LogP contribution in [-0.2, 0) is 56.0 Å². The van der Waals surface area contributed by atoms with Crippen molar-refractivity contribution in [2.45, 2.75) is 151 Å². The Morgan fingerprint density at radius 2 is 1.03 bits per heavy atom. The van der Waals surface area contributed by atoms with Crippen molar-refractivity contribution in [2.24, 2.45) is 5.92 Å². The predicted molar refractivity (Wildman–Crippen MR) is 213 cm³/mol. The quantitative estimate of drug-likeness (QED) is 0.0447. The molecular formula is C42H60O23. The molecule has 366 valence electrons. The molecule has 1 unspecified atom stereocenters. The number of aliphatic hydroxyl groups excluding tert-OH is 12. The first-order valence-electron chi connectivity index (χ1n) is 20.9. The molecule has 23 nitrogen and oxygen atoms in total. The van der Waals surface area contributed by atoms with E-state index in [1.54, 1.807) is 13.8 Å². The molecule has 0 spiro atoms. The normalized spacial score (nSPS) is 34.3. The number of benzene rings is 2. The first-order valence-corrected chi connectivity index (χ1v) is 20.9. The van der Waals surface area contributed by atoms with Crippen molar-refractivity contribution in [2.75, 3.05) is 19.8 Å². The molecule has 17 atom stereocenters. The van der Waals surface area contributed by atoms with Crippen molar-refractivity contribution >= 4 is 11.9 Å². The molecule has 0 radical (unpaired) electrons. The highest BCUT2D eigenvalue weighted by molar-refractivity contribution is 5.71. The van der Waals surface area contributed by atoms with Crippen molar-refractivity contribution in [3.63, 3.8) is 0 Å². The van der Waals surface area contributed by atoms with Crippen LogP contribution in [-0.4, -0.2) is 197 Å². The molecule has 12 N–H and O–H groups in total. The molecule has 3 saturated heterocycles. The molecule has 0 amide bonds. The van der Waals surface area contributed by atoms with Crippen molar-refractivity contribution in [1.82, 2.24) is 0 Å². The van der Waals surface area contributed by atoms with E-state index >= 15 is 0 Å². The Morgan fingerprint density at radius 3 is 1.48 bits per heavy atom. The van der Waals surface area contributed by atoms with Gasteiger partial charge in [-0.2, -0.15) is 0 Å². The number of hydrogen-bond donors (Lipinski definition) is 12. The lowest BCUT2D eigenvalue weighted by Crippen LogP contribution is -2.62. The number of esters is 2. The van der Waals surface area contributed by atoms with Crippen molar-refractivity contribution in [3.8, 4) is 11.5 Å². The number of hydrogen-bond acceptors (Lipinski definition) is 23. The Bertz CT molecular complexity index is 1780. The predicted octanol–water partition coefficient (Wildman–Crippen LogP) is -3.82. The van der Waals surface area contributed by atoms with Gasteiger partial charge in [0.25, 0.3) is 0 Å². The van der Waals surface area contributed by atoms with Gasteiger partial charge in [0, 0.05) is 6.92 Å². The van der Waals surface area contributed by atoms with E-state index in [0.29, 0.717) is 11.1 Å². The third-order valence-corrected chi connectivity index (χ3v) is 11.0. The van der Waals surface area contributed by atoms with E-state index < -0.39 is 142 Å². The molecular weight excluding hydrogens is 872 g/mol. The Balaban J connectivity index is 1.31. The highest BCUT2D eigenvalue weighted by atomic mass is 16.7. The van der Waals surface area contributed by atoms with Gasteiger partial charge in [-0.05, 0) is 47.7 Å². The fourth-order valence-electron chi connectivity index (χ4n) is 7.39. The Hall–Kier alpha value is -3.70. The molecule has 3 heterocycles. The maximum atomic E-state index is 13.7. The van der Waals surface area contributed by atoms with Gasteiger partial charge in [0.15, 0.2) is 12.6 Å². The maximum Gasteiger partial charge on any atom is 0.309 e. The van der Waals surface area contributed by atoms with Gasteiger partial charge < -0.3 is 104 Å². The average molecular weight is 933 g/mol. The monoisotopic (exact) mass is 932 g/mol. The molecule has 23 heteroatoms. The zero-order chi connectivity index (χ0) is 47.7. The van der Waals surface area contributed by atoms with Gasteiger partial charge in [-0.3, -0.25) is 9.59 Å². The molecule has 5 rings (SSSR count). The van der Waals surface area contributed by atoms with Gasteiger partial charge in [0.1, 0.15) is 104 Å². The molecule has 0 aliphatic carbocycles. The second-order valence-electron chi connectivity index (χ2n) is 16.5. The highest BCUT2D eigenvalue weighted by Gasteiger charge is 2.52. The number of rotatable bonds is 20. The lowest BCUT2D eigenvalue weighted by atomic mass is 9.87. The summed E-state index contributed by atoms with van der Waals surface area (Å²) in [5, 5.41) is 124. The van der Waals surface area contributed by atoms with Gasteiger partial charge in [-0.25, -0.2) is 0 Å². The molecule has 0 aromatic heterocycles. The summed E-state index contributed by atoms with van der Waals surface area (Å²) in [4.78, 5) is 25.3. The standard InChI is InChI=1S/C42H60O23/c1-19(2)12-42(65-40-37(55)34(52)31(49)27(64-40)18-57-20(3)45,41(56)59-17-22-6-10-24(11-7-22)61-39-36(54)33(51)30(48)26(15-44)63-39)13-28(46)58-16-21-4-8-23(9-5-21)60-38-35(53)32(50)29(47)25(14-43)62-38/h4-11,19,25-27,29-41,43-44,47-56H,12-18H2,1-3H3/t25-,26-,27+,29-,30-,31+,32+,33+,34-,35-,36-,37+,38-,39-,40-,41?,42-/m0/s1. The van der Waals surface area contributed by atoms with Crippen LogP contribution in [0.2, 0.25) is 0 Å². The van der Waals surface area contributed by atoms with Crippen LogP contribution in [0.15, 0.2) is 48.5 Å². The van der Waals surface area contributed by atoms with Crippen LogP contribution >= 0.6 is 0 Å². The van der Waals surface area contributed by atoms with E-state index in [4.69, 9.17) is 42.6 Å². The van der Waals surface area contributed by atoms with Crippen LogP contribution in [0.4, 0.5) is 0 Å². The van der Waals surface area contributed by atoms with Gasteiger partial charge in [-0.15, -0.1) is 0 Å². The summed E-state index contributed by atoms with van der Waals surface area (Å²) in [5.41, 5.74) is -1.23. The molecule has 2 aromatic carbocycles. The average Bonchev–Trinajstić information content (AvgIpc) is 3.28. The van der Waals surface area contributed by atoms with Crippen molar-refractivity contribution in [3.05, 3.63) is 59.7 Å². The SMILES string of the molecule is CC(=O)OC[C@H]1O[C@@H](O[C@](CC(=O)OCc2ccc(O[C@H]3O[C@@H](CO)[C@H](O)[C@@H](O)[C@@H]3O)cc2)(CC(C)C)C(O)OCc2ccc(O[C@H]3O[C@@H](CO)[C@H](O)[C@@H](O)[C@@H]3O)cc2)[C@H](O)[C@@H](O)[C@@H]1O. The minimum atomic E-state index is -2.10. The van der Waals surface area contributed by atoms with Crippen LogP contribution < -0.4 is 9.47 Å². The van der Waals surface area contributed by atoms with Gasteiger partial charge >= 0.3 is 11.9 Å². The molecule has 3 fully saturated rings. The van der Waals surface area contributed by atoms with Crippen LogP contribution in [0, 0.1) is 5.92 Å². The second kappa shape index (κ2) is 23.3. The second-order valence-corrected chi connectivity index (χ2v) is 16.5. The van der Waals surface area contributed by atoms with E-state index in [9.17, 15) is 70.9 Å². The summed E-state index contributed by atoms with van der Waals surface area (Å²) in [6.45, 7) is 2.05. The zero-order valence-corrected chi connectivity index (χ0v) is 35.7. The summed E-state index contributed by atoms with van der Waals surface area (Å²) < 4.78 is 50.4. The number of aliphatic hydroxyl groups is 12. The molecule has 3 aliphatic rings. The Kier molecular flexibility index (Phi) is 18.8. The van der Waals surface area contributed by atoms with Gasteiger partial charge in [0.2, 0.25) is 12.6 Å². The summed E-state index contributed by atoms with van der Waals surface area (Å²) >= 11 is 0. The fraction of sp³-hybridized carbons (Fsp3) is 0.667. The third kappa shape index (κ3) is 13.3. The van der Waals surface area contributed by atoms with Crippen LogP contribution in [0.3, 0.4) is 0 Å². The lowest BCUT2D eigenvalue weighted by Gasteiger charge is -2.46. The van der Waals surface area contributed by atoms with Gasteiger partial charge in [-0.1, -0.05) is 38.1 Å². The van der Waals surface area contributed by atoms with Crippen LogP contribution in [0.1, 0.15) is 44.7 Å². The smallest absolute Gasteiger partial charge is 0.309 e. The fourth-order valence-corrected chi connectivity index (χ4v) is 7.39.